The number of anilines is 1. The van der Waals surface area contributed by atoms with E-state index >= 15 is 0 Å². The highest BCUT2D eigenvalue weighted by molar-refractivity contribution is 9.10. The second-order valence-corrected chi connectivity index (χ2v) is 6.85. The van der Waals surface area contributed by atoms with E-state index in [-0.39, 0.29) is 28.4 Å². The van der Waals surface area contributed by atoms with Gasteiger partial charge in [-0.2, -0.15) is 0 Å². The maximum Gasteiger partial charge on any atom is 0.414 e. The molecule has 0 saturated carbocycles. The van der Waals surface area contributed by atoms with Crippen LogP contribution >= 0.6 is 15.9 Å². The Bertz CT molecular complexity index is 783. The van der Waals surface area contributed by atoms with Crippen molar-refractivity contribution in [2.75, 3.05) is 4.90 Å². The number of benzene rings is 2. The van der Waals surface area contributed by atoms with E-state index in [1.54, 1.807) is 0 Å². The van der Waals surface area contributed by atoms with Gasteiger partial charge < -0.3 is 4.74 Å². The van der Waals surface area contributed by atoms with Crippen molar-refractivity contribution in [1.82, 2.24) is 0 Å². The van der Waals surface area contributed by atoms with Crippen LogP contribution in [0.5, 0.6) is 0 Å². The summed E-state index contributed by atoms with van der Waals surface area (Å²) in [5.41, 5.74) is 1.05. The molecule has 0 N–H and O–H groups in total. The third kappa shape index (κ3) is 3.54. The molecule has 6 heteroatoms. The van der Waals surface area contributed by atoms with Gasteiger partial charge >= 0.3 is 6.09 Å². The van der Waals surface area contributed by atoms with Crippen molar-refractivity contribution in [2.24, 2.45) is 0 Å². The molecule has 25 heavy (non-hydrogen) atoms. The van der Waals surface area contributed by atoms with Gasteiger partial charge in [-0.05, 0) is 46.8 Å². The van der Waals surface area contributed by atoms with Crippen LogP contribution in [0, 0.1) is 11.6 Å². The Kier molecular flexibility index (Phi) is 5.37. The van der Waals surface area contributed by atoms with E-state index in [9.17, 15) is 13.6 Å². The van der Waals surface area contributed by atoms with Crippen LogP contribution in [0.3, 0.4) is 0 Å². The lowest BCUT2D eigenvalue weighted by Gasteiger charge is -2.36. The number of carbonyl (C=O) groups excluding carboxylic acids is 1. The van der Waals surface area contributed by atoms with E-state index in [1.807, 2.05) is 37.3 Å². The molecule has 0 radical (unpaired) electrons. The summed E-state index contributed by atoms with van der Waals surface area (Å²) in [5, 5.41) is 0. The van der Waals surface area contributed by atoms with Crippen LogP contribution in [-0.4, -0.2) is 12.1 Å². The van der Waals surface area contributed by atoms with Crippen LogP contribution in [-0.2, 0) is 17.8 Å². The SMILES string of the molecule is CCC1CCc2c(F)c(Br)cc(F)c2N1C(=O)OCc1ccccc1. The van der Waals surface area contributed by atoms with Crippen molar-refractivity contribution in [2.45, 2.75) is 38.8 Å². The molecule has 2 aromatic rings. The molecule has 1 amide bonds. The molecule has 0 aromatic heterocycles. The lowest BCUT2D eigenvalue weighted by molar-refractivity contribution is 0.143. The van der Waals surface area contributed by atoms with Gasteiger partial charge in [0.05, 0.1) is 10.2 Å². The molecular formula is C19H18BrF2NO2. The number of carbonyl (C=O) groups is 1. The van der Waals surface area contributed by atoms with Crippen LogP contribution in [0.25, 0.3) is 0 Å². The summed E-state index contributed by atoms with van der Waals surface area (Å²) in [6.07, 6.45) is 0.934. The number of rotatable bonds is 3. The van der Waals surface area contributed by atoms with Crippen molar-refractivity contribution in [3.8, 4) is 0 Å². The monoisotopic (exact) mass is 409 g/mol. The van der Waals surface area contributed by atoms with E-state index in [2.05, 4.69) is 15.9 Å². The molecule has 1 heterocycles. The maximum atomic E-state index is 14.5. The molecule has 0 spiro atoms. The first-order chi connectivity index (χ1) is 12.0. The molecule has 1 unspecified atom stereocenters. The van der Waals surface area contributed by atoms with E-state index in [0.717, 1.165) is 11.6 Å². The average Bonchev–Trinajstić information content (AvgIpc) is 2.64. The molecule has 1 atom stereocenters. The Morgan fingerprint density at radius 2 is 2.04 bits per heavy atom. The third-order valence-electron chi connectivity index (χ3n) is 4.45. The van der Waals surface area contributed by atoms with E-state index in [0.29, 0.717) is 19.3 Å². The zero-order valence-electron chi connectivity index (χ0n) is 13.8. The highest BCUT2D eigenvalue weighted by Gasteiger charge is 2.35. The van der Waals surface area contributed by atoms with Gasteiger partial charge in [0.25, 0.3) is 0 Å². The predicted molar refractivity (Wildman–Crippen MR) is 95.6 cm³/mol. The summed E-state index contributed by atoms with van der Waals surface area (Å²) in [4.78, 5) is 13.9. The third-order valence-corrected chi connectivity index (χ3v) is 5.02. The first-order valence-corrected chi connectivity index (χ1v) is 8.98. The van der Waals surface area contributed by atoms with Gasteiger partial charge in [-0.25, -0.2) is 13.6 Å². The standard InChI is InChI=1S/C19H18BrF2NO2/c1-2-13-8-9-14-17(22)15(20)10-16(21)18(14)23(13)19(24)25-11-12-6-4-3-5-7-12/h3-7,10,13H,2,8-9,11H2,1H3. The quantitative estimate of drug-likeness (QED) is 0.617. The molecule has 1 aliphatic rings. The molecule has 2 aromatic carbocycles. The summed E-state index contributed by atoms with van der Waals surface area (Å²) < 4.78 is 34.4. The lowest BCUT2D eigenvalue weighted by Crippen LogP contribution is -2.44. The average molecular weight is 410 g/mol. The number of fused-ring (bicyclic) bond motifs is 1. The van der Waals surface area contributed by atoms with E-state index in [1.165, 1.54) is 4.90 Å². The Balaban J connectivity index is 1.91. The van der Waals surface area contributed by atoms with Crippen molar-refractivity contribution >= 4 is 27.7 Å². The summed E-state index contributed by atoms with van der Waals surface area (Å²) in [6.45, 7) is 2.00. The zero-order chi connectivity index (χ0) is 18.0. The molecule has 1 aliphatic heterocycles. The summed E-state index contributed by atoms with van der Waals surface area (Å²) >= 11 is 3.03. The molecule has 0 bridgehead atoms. The summed E-state index contributed by atoms with van der Waals surface area (Å²) in [7, 11) is 0. The normalized spacial score (nSPS) is 16.5. The number of amides is 1. The van der Waals surface area contributed by atoms with Crippen molar-refractivity contribution in [3.63, 3.8) is 0 Å². The number of ether oxygens (including phenoxy) is 1. The predicted octanol–water partition coefficient (Wildman–Crippen LogP) is 5.60. The zero-order valence-corrected chi connectivity index (χ0v) is 15.4. The number of halogens is 3. The topological polar surface area (TPSA) is 29.5 Å². The van der Waals surface area contributed by atoms with Gasteiger partial charge in [0, 0.05) is 11.6 Å². The Labute approximate surface area is 153 Å². The fourth-order valence-electron chi connectivity index (χ4n) is 3.16. The van der Waals surface area contributed by atoms with Gasteiger partial charge in [0.2, 0.25) is 0 Å². The highest BCUT2D eigenvalue weighted by atomic mass is 79.9. The van der Waals surface area contributed by atoms with Gasteiger partial charge in [0.1, 0.15) is 18.2 Å². The second kappa shape index (κ2) is 7.52. The molecule has 132 valence electrons. The minimum Gasteiger partial charge on any atom is -0.444 e. The lowest BCUT2D eigenvalue weighted by atomic mass is 9.94. The summed E-state index contributed by atoms with van der Waals surface area (Å²) in [6, 6.07) is 10.1. The van der Waals surface area contributed by atoms with Crippen molar-refractivity contribution in [3.05, 3.63) is 63.6 Å². The first kappa shape index (κ1) is 17.9. The Morgan fingerprint density at radius 3 is 2.72 bits per heavy atom. The highest BCUT2D eigenvalue weighted by Crippen LogP contribution is 2.39. The number of hydrogen-bond donors (Lipinski definition) is 0. The largest absolute Gasteiger partial charge is 0.444 e. The fourth-order valence-corrected chi connectivity index (χ4v) is 3.60. The molecule has 0 aliphatic carbocycles. The van der Waals surface area contributed by atoms with E-state index < -0.39 is 17.7 Å². The minimum atomic E-state index is -0.655. The molecule has 0 saturated heterocycles. The van der Waals surface area contributed by atoms with Crippen LogP contribution in [0.4, 0.5) is 19.3 Å². The van der Waals surface area contributed by atoms with Gasteiger partial charge in [-0.15, -0.1) is 0 Å². The van der Waals surface area contributed by atoms with Crippen LogP contribution in [0.1, 0.15) is 30.9 Å². The fraction of sp³-hybridized carbons (Fsp3) is 0.316. The van der Waals surface area contributed by atoms with E-state index in [4.69, 9.17) is 4.74 Å². The molecular weight excluding hydrogens is 392 g/mol. The smallest absolute Gasteiger partial charge is 0.414 e. The Hall–Kier alpha value is -1.95. The minimum absolute atomic E-state index is 0.00291. The maximum absolute atomic E-state index is 14.5. The Morgan fingerprint density at radius 1 is 1.32 bits per heavy atom. The summed E-state index contributed by atoms with van der Waals surface area (Å²) in [5.74, 6) is -1.15. The van der Waals surface area contributed by atoms with Gasteiger partial charge in [-0.1, -0.05) is 37.3 Å². The van der Waals surface area contributed by atoms with Crippen LogP contribution in [0.15, 0.2) is 40.9 Å². The molecule has 0 fully saturated rings. The molecule has 3 nitrogen and oxygen atoms in total. The van der Waals surface area contributed by atoms with Crippen LogP contribution < -0.4 is 4.90 Å². The van der Waals surface area contributed by atoms with Crippen molar-refractivity contribution in [1.29, 1.82) is 0 Å². The van der Waals surface area contributed by atoms with Crippen molar-refractivity contribution < 1.29 is 18.3 Å². The number of hydrogen-bond acceptors (Lipinski definition) is 2. The second-order valence-electron chi connectivity index (χ2n) is 5.99. The van der Waals surface area contributed by atoms with Gasteiger partial charge in [0.15, 0.2) is 0 Å². The molecule has 3 rings (SSSR count). The number of nitrogens with zero attached hydrogens (tertiary/aromatic N) is 1. The van der Waals surface area contributed by atoms with Gasteiger partial charge in [-0.3, -0.25) is 4.90 Å². The van der Waals surface area contributed by atoms with Crippen LogP contribution in [0.2, 0.25) is 0 Å². The first-order valence-electron chi connectivity index (χ1n) is 8.19.